The molecule has 2 saturated heterocycles. The maximum Gasteiger partial charge on any atom is 0.253 e. The highest BCUT2D eigenvalue weighted by atomic mass is 35.5. The van der Waals surface area contributed by atoms with Crippen LogP contribution < -0.4 is 31.3 Å². The number of hydrogen-bond acceptors (Lipinski definition) is 9. The van der Waals surface area contributed by atoms with Crippen molar-refractivity contribution >= 4 is 52.0 Å². The Hall–Kier alpha value is -3.18. The zero-order chi connectivity index (χ0) is 30.8. The number of nitrogens with zero attached hydrogens (tertiary/aromatic N) is 5. The number of anilines is 4. The smallest absolute Gasteiger partial charge is 0.253 e. The van der Waals surface area contributed by atoms with E-state index in [2.05, 4.69) is 37.2 Å². The van der Waals surface area contributed by atoms with Crippen molar-refractivity contribution in [2.45, 2.75) is 44.3 Å². The second-order valence-corrected chi connectivity index (χ2v) is 12.4. The van der Waals surface area contributed by atoms with Gasteiger partial charge in [0.1, 0.15) is 23.2 Å². The number of carbonyl (C=O) groups excluding carboxylic acids is 1. The van der Waals surface area contributed by atoms with E-state index < -0.39 is 10.9 Å². The van der Waals surface area contributed by atoms with Gasteiger partial charge in [-0.2, -0.15) is 0 Å². The number of nitrogens with one attached hydrogen (secondary N) is 2. The van der Waals surface area contributed by atoms with Crippen LogP contribution in [0.5, 0.6) is 0 Å². The van der Waals surface area contributed by atoms with E-state index >= 15 is 0 Å². The van der Waals surface area contributed by atoms with Crippen molar-refractivity contribution in [3.63, 3.8) is 0 Å². The molecule has 230 valence electrons. The van der Waals surface area contributed by atoms with Crippen LogP contribution in [0.1, 0.15) is 37.8 Å². The number of halogens is 2. The Balaban J connectivity index is 1.22. The summed E-state index contributed by atoms with van der Waals surface area (Å²) in [7, 11) is 5.14. The summed E-state index contributed by atoms with van der Waals surface area (Å²) in [6, 6.07) is 9.77. The number of piperidine rings is 1. The van der Waals surface area contributed by atoms with Gasteiger partial charge in [-0.3, -0.25) is 24.2 Å². The Morgan fingerprint density at radius 2 is 1.77 bits per heavy atom. The Morgan fingerprint density at radius 3 is 2.37 bits per heavy atom. The summed E-state index contributed by atoms with van der Waals surface area (Å²) in [6.45, 7) is 6.39. The van der Waals surface area contributed by atoms with Crippen LogP contribution >= 0.6 is 23.2 Å². The van der Waals surface area contributed by atoms with Crippen LogP contribution in [0.2, 0.25) is 10.0 Å². The molecule has 2 atom stereocenters. The lowest BCUT2D eigenvalue weighted by Gasteiger charge is -2.48. The minimum Gasteiger partial charge on any atom is -0.373 e. The standard InChI is InChI=1S/C31H39Cl2N7O3/c1-5-22-18-39(30-24(33)16-21(17-35-30)36-25-27(37(3)4)29(42)28(25)41)14-15-40(22)23-10-12-38(13-11-23)26(31(43)34-2)19-6-8-20(32)9-7-19/h6-9,16-17,22-23,26,36H,5,10-15,18H2,1-4H3,(H,34,43)/t22-,26-/m0/s1. The van der Waals surface area contributed by atoms with Gasteiger partial charge in [0.15, 0.2) is 0 Å². The van der Waals surface area contributed by atoms with E-state index in [1.54, 1.807) is 38.3 Å². The first-order valence-corrected chi connectivity index (χ1v) is 15.5. The molecule has 0 radical (unpaired) electrons. The molecule has 0 spiro atoms. The lowest BCUT2D eigenvalue weighted by molar-refractivity contribution is -0.127. The van der Waals surface area contributed by atoms with Crippen molar-refractivity contribution in [2.75, 3.05) is 69.0 Å². The minimum absolute atomic E-state index is 0.00550. The van der Waals surface area contributed by atoms with Crippen molar-refractivity contribution in [1.82, 2.24) is 20.1 Å². The zero-order valence-electron chi connectivity index (χ0n) is 25.1. The molecule has 2 aromatic carbocycles. The summed E-state index contributed by atoms with van der Waals surface area (Å²) in [5, 5.41) is 7.01. The van der Waals surface area contributed by atoms with Crippen LogP contribution in [0, 0.1) is 0 Å². The van der Waals surface area contributed by atoms with Gasteiger partial charge in [0.05, 0.1) is 16.9 Å². The van der Waals surface area contributed by atoms with Crippen LogP contribution in [-0.2, 0) is 4.79 Å². The fourth-order valence-corrected chi connectivity index (χ4v) is 6.90. The van der Waals surface area contributed by atoms with E-state index in [9.17, 15) is 14.4 Å². The third kappa shape index (κ3) is 6.38. The molecule has 1 amide bonds. The number of amides is 1. The number of aromatic nitrogens is 1. The Labute approximate surface area is 262 Å². The zero-order valence-corrected chi connectivity index (χ0v) is 26.6. The van der Waals surface area contributed by atoms with E-state index in [0.717, 1.165) is 57.5 Å². The second-order valence-electron chi connectivity index (χ2n) is 11.5. The SMILES string of the molecule is CC[C@H]1CN(c2ncc(Nc3c(N(C)C)c(=O)c3=O)cc2Cl)CCN1C1CCN([C@H](C(=O)NC)c2ccc(Cl)cc2)CC1. The number of hydrogen-bond donors (Lipinski definition) is 2. The molecule has 3 aromatic rings. The summed E-state index contributed by atoms with van der Waals surface area (Å²) in [5.74, 6) is 0.711. The normalized spacial score (nSPS) is 19.4. The van der Waals surface area contributed by atoms with Crippen molar-refractivity contribution < 1.29 is 4.79 Å². The molecule has 0 saturated carbocycles. The lowest BCUT2D eigenvalue weighted by atomic mass is 9.95. The number of likely N-dealkylation sites (tertiary alicyclic amines) is 1. The van der Waals surface area contributed by atoms with Crippen molar-refractivity contribution in [3.05, 3.63) is 72.6 Å². The lowest BCUT2D eigenvalue weighted by Crippen LogP contribution is -2.59. The Kier molecular flexibility index (Phi) is 9.60. The fourth-order valence-electron chi connectivity index (χ4n) is 6.49. The first-order chi connectivity index (χ1) is 20.6. The molecule has 3 heterocycles. The Morgan fingerprint density at radius 1 is 1.07 bits per heavy atom. The van der Waals surface area contributed by atoms with Gasteiger partial charge in [-0.15, -0.1) is 0 Å². The van der Waals surface area contributed by atoms with Gasteiger partial charge in [0.25, 0.3) is 10.9 Å². The summed E-state index contributed by atoms with van der Waals surface area (Å²) in [5.41, 5.74) is 1.11. The highest BCUT2D eigenvalue weighted by Crippen LogP contribution is 2.33. The van der Waals surface area contributed by atoms with Crippen molar-refractivity contribution in [2.24, 2.45) is 0 Å². The number of rotatable bonds is 9. The molecule has 0 bridgehead atoms. The van der Waals surface area contributed by atoms with Gasteiger partial charge >= 0.3 is 0 Å². The van der Waals surface area contributed by atoms with Gasteiger partial charge in [-0.1, -0.05) is 42.3 Å². The molecular weight excluding hydrogens is 589 g/mol. The first-order valence-electron chi connectivity index (χ1n) is 14.8. The van der Waals surface area contributed by atoms with Gasteiger partial charge in [-0.25, -0.2) is 4.98 Å². The number of carbonyl (C=O) groups is 1. The average molecular weight is 629 g/mol. The fraction of sp³-hybridized carbons (Fsp3) is 0.484. The predicted molar refractivity (Wildman–Crippen MR) is 174 cm³/mol. The molecule has 2 fully saturated rings. The van der Waals surface area contributed by atoms with Crippen molar-refractivity contribution in [3.8, 4) is 0 Å². The third-order valence-corrected chi connectivity index (χ3v) is 9.27. The molecule has 43 heavy (non-hydrogen) atoms. The summed E-state index contributed by atoms with van der Waals surface area (Å²) < 4.78 is 0. The predicted octanol–water partition coefficient (Wildman–Crippen LogP) is 3.65. The molecule has 2 N–H and O–H groups in total. The number of benzene rings is 1. The highest BCUT2D eigenvalue weighted by Gasteiger charge is 2.37. The van der Waals surface area contributed by atoms with Gasteiger partial charge in [0.2, 0.25) is 5.91 Å². The van der Waals surface area contributed by atoms with E-state index in [0.29, 0.717) is 39.3 Å². The van der Waals surface area contributed by atoms with Crippen LogP contribution in [0.25, 0.3) is 0 Å². The highest BCUT2D eigenvalue weighted by molar-refractivity contribution is 6.33. The van der Waals surface area contributed by atoms with E-state index in [4.69, 9.17) is 23.2 Å². The van der Waals surface area contributed by atoms with Gasteiger partial charge in [-0.05, 0) is 43.0 Å². The monoisotopic (exact) mass is 627 g/mol. The molecule has 0 unspecified atom stereocenters. The van der Waals surface area contributed by atoms with Crippen LogP contribution in [0.4, 0.5) is 22.9 Å². The van der Waals surface area contributed by atoms with E-state index in [-0.39, 0.29) is 17.6 Å². The molecule has 0 aliphatic carbocycles. The molecule has 2 aliphatic rings. The van der Waals surface area contributed by atoms with Crippen LogP contribution in [0.3, 0.4) is 0 Å². The first kappa shape index (κ1) is 31.3. The van der Waals surface area contributed by atoms with Crippen LogP contribution in [0.15, 0.2) is 46.1 Å². The van der Waals surface area contributed by atoms with Gasteiger partial charge < -0.3 is 20.4 Å². The largest absolute Gasteiger partial charge is 0.373 e. The number of piperazine rings is 1. The van der Waals surface area contributed by atoms with E-state index in [1.807, 2.05) is 24.3 Å². The minimum atomic E-state index is -0.536. The maximum atomic E-state index is 12.9. The third-order valence-electron chi connectivity index (χ3n) is 8.74. The molecule has 1 aromatic heterocycles. The van der Waals surface area contributed by atoms with E-state index in [1.165, 1.54) is 0 Å². The second kappa shape index (κ2) is 13.2. The summed E-state index contributed by atoms with van der Waals surface area (Å²) >= 11 is 12.8. The quantitative estimate of drug-likeness (QED) is 0.344. The van der Waals surface area contributed by atoms with Crippen LogP contribution in [-0.4, -0.2) is 86.6 Å². The topological polar surface area (TPSA) is 101 Å². The number of likely N-dealkylation sites (N-methyl/N-ethyl adjacent to an activating group) is 1. The summed E-state index contributed by atoms with van der Waals surface area (Å²) in [6.07, 6.45) is 4.63. The molecular formula is C31H39Cl2N7O3. The molecule has 2 aliphatic heterocycles. The molecule has 5 rings (SSSR count). The Bertz CT molecular complexity index is 1520. The average Bonchev–Trinajstić information content (AvgIpc) is 3.01. The summed E-state index contributed by atoms with van der Waals surface area (Å²) in [4.78, 5) is 50.3. The molecule has 12 heteroatoms. The van der Waals surface area contributed by atoms with Gasteiger partial charge in [0, 0.05) is 71.0 Å². The molecule has 10 nitrogen and oxygen atoms in total. The number of pyridine rings is 1. The maximum absolute atomic E-state index is 12.9. The van der Waals surface area contributed by atoms with Crippen molar-refractivity contribution in [1.29, 1.82) is 0 Å².